The zero-order chi connectivity index (χ0) is 20.3. The molecule has 28 heavy (non-hydrogen) atoms. The maximum Gasteiger partial charge on any atom is 0.261 e. The van der Waals surface area contributed by atoms with Gasteiger partial charge in [-0.25, -0.2) is 8.42 Å². The number of sulfone groups is 1. The fourth-order valence-electron chi connectivity index (χ4n) is 2.92. The first-order valence-corrected chi connectivity index (χ1v) is 10.9. The van der Waals surface area contributed by atoms with Crippen LogP contribution in [0.3, 0.4) is 0 Å². The molecule has 2 atom stereocenters. The van der Waals surface area contributed by atoms with Gasteiger partial charge in [-0.15, -0.1) is 0 Å². The Hall–Kier alpha value is -2.86. The van der Waals surface area contributed by atoms with E-state index in [0.29, 0.717) is 5.75 Å². The molecule has 0 unspecified atom stereocenters. The minimum Gasteiger partial charge on any atom is -0.481 e. The summed E-state index contributed by atoms with van der Waals surface area (Å²) in [6.07, 6.45) is 0.498. The summed E-state index contributed by atoms with van der Waals surface area (Å²) in [5.41, 5.74) is 0.818. The first-order chi connectivity index (χ1) is 13.2. The summed E-state index contributed by atoms with van der Waals surface area (Å²) in [5, 5.41) is 5.06. The average molecular weight is 397 g/mol. The molecule has 0 bridgehead atoms. The maximum absolute atomic E-state index is 12.5. The van der Waals surface area contributed by atoms with Crippen LogP contribution in [0.4, 0.5) is 0 Å². The predicted octanol–water partition coefficient (Wildman–Crippen LogP) is 3.89. The first kappa shape index (κ1) is 19.9. The molecule has 6 heteroatoms. The minimum absolute atomic E-state index is 0.243. The van der Waals surface area contributed by atoms with Gasteiger partial charge in [0.2, 0.25) is 0 Å². The second kappa shape index (κ2) is 8.02. The van der Waals surface area contributed by atoms with Gasteiger partial charge in [-0.3, -0.25) is 4.79 Å². The van der Waals surface area contributed by atoms with Gasteiger partial charge in [-0.2, -0.15) is 0 Å². The molecule has 0 saturated carbocycles. The van der Waals surface area contributed by atoms with E-state index in [1.54, 1.807) is 31.2 Å². The third-order valence-corrected chi connectivity index (χ3v) is 5.70. The third-order valence-electron chi connectivity index (χ3n) is 4.57. The van der Waals surface area contributed by atoms with E-state index in [2.05, 4.69) is 5.32 Å². The van der Waals surface area contributed by atoms with Crippen LogP contribution in [0.25, 0.3) is 10.8 Å². The molecule has 3 rings (SSSR count). The van der Waals surface area contributed by atoms with E-state index in [1.807, 2.05) is 49.4 Å². The lowest BCUT2D eigenvalue weighted by Crippen LogP contribution is -2.37. The quantitative estimate of drug-likeness (QED) is 0.685. The zero-order valence-electron chi connectivity index (χ0n) is 16.0. The van der Waals surface area contributed by atoms with E-state index < -0.39 is 15.9 Å². The maximum atomic E-state index is 12.5. The smallest absolute Gasteiger partial charge is 0.261 e. The third kappa shape index (κ3) is 4.70. The van der Waals surface area contributed by atoms with Crippen molar-refractivity contribution in [1.82, 2.24) is 5.32 Å². The van der Waals surface area contributed by atoms with Gasteiger partial charge in [0.1, 0.15) is 5.75 Å². The van der Waals surface area contributed by atoms with Gasteiger partial charge < -0.3 is 10.1 Å². The van der Waals surface area contributed by atoms with Gasteiger partial charge in [0.15, 0.2) is 15.9 Å². The van der Waals surface area contributed by atoms with Crippen molar-refractivity contribution in [2.45, 2.75) is 30.9 Å². The van der Waals surface area contributed by atoms with E-state index in [-0.39, 0.29) is 16.8 Å². The summed E-state index contributed by atoms with van der Waals surface area (Å²) in [6, 6.07) is 19.9. The van der Waals surface area contributed by atoms with Gasteiger partial charge >= 0.3 is 0 Å². The number of hydrogen-bond acceptors (Lipinski definition) is 4. The largest absolute Gasteiger partial charge is 0.481 e. The summed E-state index contributed by atoms with van der Waals surface area (Å²) in [6.45, 7) is 3.54. The normalized spacial score (nSPS) is 13.7. The molecule has 0 heterocycles. The highest BCUT2D eigenvalue weighted by atomic mass is 32.2. The SMILES string of the molecule is C[C@H](Oc1ccc2ccccc2c1)C(=O)N[C@H](C)c1ccc(S(C)(=O)=O)cc1. The standard InChI is InChI=1S/C22H23NO4S/c1-15(17-9-12-21(13-10-17)28(3,25)26)23-22(24)16(2)27-20-11-8-18-6-4-5-7-19(18)14-20/h4-16H,1-3H3,(H,23,24)/t15-,16+/m1/s1. The lowest BCUT2D eigenvalue weighted by atomic mass is 10.1. The first-order valence-electron chi connectivity index (χ1n) is 9.00. The molecule has 1 amide bonds. The summed E-state index contributed by atoms with van der Waals surface area (Å²) in [4.78, 5) is 12.7. The molecule has 0 aliphatic rings. The number of hydrogen-bond donors (Lipinski definition) is 1. The topological polar surface area (TPSA) is 72.5 Å². The summed E-state index contributed by atoms with van der Waals surface area (Å²) < 4.78 is 28.9. The van der Waals surface area contributed by atoms with Crippen molar-refractivity contribution in [2.24, 2.45) is 0 Å². The van der Waals surface area contributed by atoms with Crippen LogP contribution >= 0.6 is 0 Å². The Labute approximate surface area is 165 Å². The van der Waals surface area contributed by atoms with Gasteiger partial charge in [0.25, 0.3) is 5.91 Å². The number of rotatable bonds is 6. The number of carbonyl (C=O) groups excluding carboxylic acids is 1. The van der Waals surface area contributed by atoms with Gasteiger partial charge in [-0.1, -0.05) is 42.5 Å². The molecule has 0 radical (unpaired) electrons. The Kier molecular flexibility index (Phi) is 5.70. The summed E-state index contributed by atoms with van der Waals surface area (Å²) in [5.74, 6) is 0.388. The lowest BCUT2D eigenvalue weighted by molar-refractivity contribution is -0.127. The number of ether oxygens (including phenoxy) is 1. The molecule has 0 aromatic heterocycles. The van der Waals surface area contributed by atoms with Crippen molar-refractivity contribution < 1.29 is 17.9 Å². The van der Waals surface area contributed by atoms with Crippen LogP contribution in [0.15, 0.2) is 71.6 Å². The molecule has 146 valence electrons. The number of carbonyl (C=O) groups is 1. The summed E-state index contributed by atoms with van der Waals surface area (Å²) in [7, 11) is -3.24. The Morgan fingerprint density at radius 1 is 0.929 bits per heavy atom. The fraction of sp³-hybridized carbons (Fsp3) is 0.227. The van der Waals surface area contributed by atoms with Gasteiger partial charge in [-0.05, 0) is 54.4 Å². The molecular formula is C22H23NO4S. The minimum atomic E-state index is -3.24. The number of nitrogens with one attached hydrogen (secondary N) is 1. The van der Waals surface area contributed by atoms with Crippen LogP contribution in [-0.2, 0) is 14.6 Å². The predicted molar refractivity (Wildman–Crippen MR) is 110 cm³/mol. The monoisotopic (exact) mass is 397 g/mol. The molecule has 1 N–H and O–H groups in total. The van der Waals surface area contributed by atoms with Crippen LogP contribution < -0.4 is 10.1 Å². The lowest BCUT2D eigenvalue weighted by Gasteiger charge is -2.19. The molecule has 0 aliphatic carbocycles. The van der Waals surface area contributed by atoms with Gasteiger partial charge in [0.05, 0.1) is 10.9 Å². The summed E-state index contributed by atoms with van der Waals surface area (Å²) >= 11 is 0. The molecule has 0 aliphatic heterocycles. The molecule has 0 fully saturated rings. The van der Waals surface area contributed by atoms with Crippen LogP contribution in [0.1, 0.15) is 25.5 Å². The number of fused-ring (bicyclic) bond motifs is 1. The van der Waals surface area contributed by atoms with Crippen molar-refractivity contribution >= 4 is 26.5 Å². The second-order valence-electron chi connectivity index (χ2n) is 6.84. The van der Waals surface area contributed by atoms with Crippen LogP contribution in [-0.4, -0.2) is 26.7 Å². The van der Waals surface area contributed by atoms with Gasteiger partial charge in [0, 0.05) is 6.26 Å². The Balaban J connectivity index is 1.64. The van der Waals surface area contributed by atoms with E-state index in [0.717, 1.165) is 16.3 Å². The highest BCUT2D eigenvalue weighted by Gasteiger charge is 2.18. The molecule has 5 nitrogen and oxygen atoms in total. The zero-order valence-corrected chi connectivity index (χ0v) is 16.9. The highest BCUT2D eigenvalue weighted by Crippen LogP contribution is 2.22. The average Bonchev–Trinajstić information content (AvgIpc) is 2.67. The Bertz CT molecular complexity index is 1090. The molecule has 3 aromatic rings. The molecule has 0 saturated heterocycles. The van der Waals surface area contributed by atoms with Crippen molar-refractivity contribution in [2.75, 3.05) is 6.26 Å². The molecular weight excluding hydrogens is 374 g/mol. The highest BCUT2D eigenvalue weighted by molar-refractivity contribution is 7.90. The van der Waals surface area contributed by atoms with E-state index in [1.165, 1.54) is 6.26 Å². The molecule has 0 spiro atoms. The van der Waals surface area contributed by atoms with E-state index in [4.69, 9.17) is 4.74 Å². The second-order valence-corrected chi connectivity index (χ2v) is 8.86. The van der Waals surface area contributed by atoms with E-state index >= 15 is 0 Å². The van der Waals surface area contributed by atoms with Crippen molar-refractivity contribution in [3.63, 3.8) is 0 Å². The van der Waals surface area contributed by atoms with Crippen LogP contribution in [0.5, 0.6) is 5.75 Å². The number of amides is 1. The fourth-order valence-corrected chi connectivity index (χ4v) is 3.55. The van der Waals surface area contributed by atoms with Crippen molar-refractivity contribution in [3.05, 3.63) is 72.3 Å². The van der Waals surface area contributed by atoms with Crippen LogP contribution in [0.2, 0.25) is 0 Å². The number of benzene rings is 3. The van der Waals surface area contributed by atoms with E-state index in [9.17, 15) is 13.2 Å². The molecule has 3 aromatic carbocycles. The Morgan fingerprint density at radius 3 is 2.21 bits per heavy atom. The van der Waals surface area contributed by atoms with Crippen molar-refractivity contribution in [3.8, 4) is 5.75 Å². The van der Waals surface area contributed by atoms with Crippen LogP contribution in [0, 0.1) is 0 Å². The van der Waals surface area contributed by atoms with Crippen molar-refractivity contribution in [1.29, 1.82) is 0 Å². The Morgan fingerprint density at radius 2 is 1.57 bits per heavy atom.